The van der Waals surface area contributed by atoms with E-state index in [9.17, 15) is 0 Å². The zero-order valence-electron chi connectivity index (χ0n) is 8.21. The lowest BCUT2D eigenvalue weighted by molar-refractivity contribution is 0.192. The minimum Gasteiger partial charge on any atom is -0.465 e. The number of hydrogen-bond donors (Lipinski definition) is 4. The van der Waals surface area contributed by atoms with Gasteiger partial charge in [0.15, 0.2) is 0 Å². The van der Waals surface area contributed by atoms with Gasteiger partial charge in [-0.15, -0.1) is 0 Å². The molecule has 1 rings (SSSR count). The molecule has 15 heavy (non-hydrogen) atoms. The number of aliphatic hydroxyl groups excluding tert-OH is 2. The van der Waals surface area contributed by atoms with Crippen LogP contribution in [0.5, 0.6) is 0 Å². The Morgan fingerprint density at radius 1 is 1.20 bits per heavy atom. The highest BCUT2D eigenvalue weighted by atomic mass is 16.4. The highest BCUT2D eigenvalue weighted by Crippen LogP contribution is 2.12. The van der Waals surface area contributed by atoms with E-state index in [1.54, 1.807) is 0 Å². The van der Waals surface area contributed by atoms with Crippen LogP contribution in [0.15, 0.2) is 30.3 Å². The lowest BCUT2D eigenvalue weighted by Crippen LogP contribution is -2.08. The molecule has 0 aliphatic heterocycles. The van der Waals surface area contributed by atoms with Gasteiger partial charge in [-0.1, -0.05) is 30.3 Å². The van der Waals surface area contributed by atoms with E-state index < -0.39 is 6.09 Å². The number of amides is 1. The number of benzene rings is 1. The molecule has 0 unspecified atom stereocenters. The Bertz CT molecular complexity index is 268. The molecule has 0 radical (unpaired) electrons. The van der Waals surface area contributed by atoms with Crippen molar-refractivity contribution in [3.05, 3.63) is 35.9 Å². The van der Waals surface area contributed by atoms with Gasteiger partial charge in [0.2, 0.25) is 0 Å². The molecule has 0 fully saturated rings. The van der Waals surface area contributed by atoms with Crippen LogP contribution in [0.1, 0.15) is 11.5 Å². The largest absolute Gasteiger partial charge is 0.465 e. The van der Waals surface area contributed by atoms with Gasteiger partial charge < -0.3 is 21.1 Å². The second-order valence-electron chi connectivity index (χ2n) is 2.81. The van der Waals surface area contributed by atoms with Crippen molar-refractivity contribution in [2.24, 2.45) is 5.73 Å². The first-order valence-corrected chi connectivity index (χ1v) is 4.36. The zero-order chi connectivity index (χ0) is 11.7. The maximum atomic E-state index is 8.82. The van der Waals surface area contributed by atoms with Crippen molar-refractivity contribution in [1.29, 1.82) is 0 Å². The molecular formula is C10H15NO4. The van der Waals surface area contributed by atoms with Gasteiger partial charge in [0, 0.05) is 5.92 Å². The van der Waals surface area contributed by atoms with Gasteiger partial charge in [0.25, 0.3) is 0 Å². The zero-order valence-corrected chi connectivity index (χ0v) is 8.21. The third-order valence-corrected chi connectivity index (χ3v) is 1.71. The van der Waals surface area contributed by atoms with E-state index >= 15 is 0 Å². The first kappa shape index (κ1) is 13.4. The Kier molecular flexibility index (Phi) is 6.96. The first-order chi connectivity index (χ1) is 7.11. The van der Waals surface area contributed by atoms with Crippen LogP contribution in [-0.4, -0.2) is 34.6 Å². The minimum atomic E-state index is -1.33. The Labute approximate surface area is 87.8 Å². The van der Waals surface area contributed by atoms with Gasteiger partial charge in [-0.3, -0.25) is 0 Å². The van der Waals surface area contributed by atoms with Crippen LogP contribution in [0.25, 0.3) is 0 Å². The summed E-state index contributed by atoms with van der Waals surface area (Å²) in [5.41, 5.74) is 5.01. The monoisotopic (exact) mass is 213 g/mol. The normalized spacial score (nSPS) is 9.27. The Morgan fingerprint density at radius 2 is 1.60 bits per heavy atom. The van der Waals surface area contributed by atoms with Crippen molar-refractivity contribution in [2.45, 2.75) is 5.92 Å². The Balaban J connectivity index is 0.000000423. The van der Waals surface area contributed by atoms with Crippen LogP contribution in [0, 0.1) is 0 Å². The summed E-state index contributed by atoms with van der Waals surface area (Å²) in [7, 11) is 0. The fourth-order valence-electron chi connectivity index (χ4n) is 0.994. The topological polar surface area (TPSA) is 104 Å². The van der Waals surface area contributed by atoms with Gasteiger partial charge in [-0.25, -0.2) is 4.79 Å². The van der Waals surface area contributed by atoms with E-state index in [4.69, 9.17) is 20.1 Å². The Morgan fingerprint density at radius 3 is 1.93 bits per heavy atom. The maximum Gasteiger partial charge on any atom is 0.402 e. The molecule has 1 aromatic rings. The first-order valence-electron chi connectivity index (χ1n) is 4.36. The fraction of sp³-hybridized carbons (Fsp3) is 0.300. The third kappa shape index (κ3) is 6.48. The van der Waals surface area contributed by atoms with E-state index in [0.717, 1.165) is 5.56 Å². The van der Waals surface area contributed by atoms with Crippen molar-refractivity contribution >= 4 is 6.09 Å². The molecule has 0 aliphatic rings. The van der Waals surface area contributed by atoms with E-state index in [-0.39, 0.29) is 19.1 Å². The smallest absolute Gasteiger partial charge is 0.402 e. The standard InChI is InChI=1S/C9H12O2.CH3NO2/c10-6-9(7-11)8-4-2-1-3-5-8;2-1(3)4/h1-5,9-11H,6-7H2;2H2,(H,3,4). The number of rotatable bonds is 3. The van der Waals surface area contributed by atoms with Gasteiger partial charge in [0.05, 0.1) is 13.2 Å². The van der Waals surface area contributed by atoms with Crippen molar-refractivity contribution in [1.82, 2.24) is 0 Å². The molecule has 0 saturated carbocycles. The van der Waals surface area contributed by atoms with E-state index in [2.05, 4.69) is 5.73 Å². The predicted octanol–water partition coefficient (Wildman–Crippen LogP) is 0.378. The highest BCUT2D eigenvalue weighted by molar-refractivity contribution is 5.61. The number of aliphatic hydroxyl groups is 2. The van der Waals surface area contributed by atoms with Gasteiger partial charge in [-0.2, -0.15) is 0 Å². The molecule has 0 aliphatic carbocycles. The summed E-state index contributed by atoms with van der Waals surface area (Å²) < 4.78 is 0. The molecule has 0 atom stereocenters. The minimum absolute atomic E-state index is 0.000509. The van der Waals surface area contributed by atoms with Crippen molar-refractivity contribution in [2.75, 3.05) is 13.2 Å². The summed E-state index contributed by atoms with van der Waals surface area (Å²) in [5, 5.41) is 24.8. The molecule has 5 heteroatoms. The molecule has 5 N–H and O–H groups in total. The van der Waals surface area contributed by atoms with Crippen LogP contribution in [0.4, 0.5) is 4.79 Å². The van der Waals surface area contributed by atoms with Gasteiger partial charge >= 0.3 is 6.09 Å². The maximum absolute atomic E-state index is 8.82. The van der Waals surface area contributed by atoms with Crippen molar-refractivity contribution < 1.29 is 20.1 Å². The average Bonchev–Trinajstić information content (AvgIpc) is 2.20. The fourth-order valence-corrected chi connectivity index (χ4v) is 0.994. The lowest BCUT2D eigenvalue weighted by atomic mass is 10.0. The highest BCUT2D eigenvalue weighted by Gasteiger charge is 2.06. The van der Waals surface area contributed by atoms with Crippen LogP contribution < -0.4 is 5.73 Å². The summed E-state index contributed by atoms with van der Waals surface area (Å²) in [4.78, 5) is 8.78. The van der Waals surface area contributed by atoms with Crippen molar-refractivity contribution in [3.8, 4) is 0 Å². The summed E-state index contributed by atoms with van der Waals surface area (Å²) in [6, 6.07) is 9.50. The quantitative estimate of drug-likeness (QED) is 0.582. The number of carbonyl (C=O) groups is 1. The summed E-state index contributed by atoms with van der Waals surface area (Å²) in [6.07, 6.45) is -1.33. The number of primary amides is 1. The SMILES string of the molecule is NC(=O)O.OCC(CO)c1ccccc1. The van der Waals surface area contributed by atoms with Crippen molar-refractivity contribution in [3.63, 3.8) is 0 Å². The van der Waals surface area contributed by atoms with Crippen LogP contribution in [0.3, 0.4) is 0 Å². The molecule has 0 bridgehead atoms. The molecule has 0 heterocycles. The predicted molar refractivity (Wildman–Crippen MR) is 55.6 cm³/mol. The van der Waals surface area contributed by atoms with E-state index in [1.807, 2.05) is 30.3 Å². The van der Waals surface area contributed by atoms with E-state index in [1.165, 1.54) is 0 Å². The number of hydrogen-bond acceptors (Lipinski definition) is 3. The summed E-state index contributed by atoms with van der Waals surface area (Å²) in [5.74, 6) is -0.129. The molecule has 1 aromatic carbocycles. The van der Waals surface area contributed by atoms with Crippen LogP contribution in [0.2, 0.25) is 0 Å². The summed E-state index contributed by atoms with van der Waals surface area (Å²) in [6.45, 7) is 0.00102. The molecule has 0 saturated heterocycles. The molecule has 0 aromatic heterocycles. The second-order valence-corrected chi connectivity index (χ2v) is 2.81. The number of nitrogens with two attached hydrogens (primary N) is 1. The second kappa shape index (κ2) is 7.78. The third-order valence-electron chi connectivity index (χ3n) is 1.71. The van der Waals surface area contributed by atoms with Crippen LogP contribution >= 0.6 is 0 Å². The molecule has 5 nitrogen and oxygen atoms in total. The van der Waals surface area contributed by atoms with E-state index in [0.29, 0.717) is 0 Å². The molecule has 84 valence electrons. The summed E-state index contributed by atoms with van der Waals surface area (Å²) >= 11 is 0. The Hall–Kier alpha value is -1.59. The number of carboxylic acid groups (broad SMARTS) is 1. The average molecular weight is 213 g/mol. The molecular weight excluding hydrogens is 198 g/mol. The molecule has 0 spiro atoms. The van der Waals surface area contributed by atoms with Gasteiger partial charge in [0.1, 0.15) is 0 Å². The van der Waals surface area contributed by atoms with Gasteiger partial charge in [-0.05, 0) is 5.56 Å². The van der Waals surface area contributed by atoms with Crippen LogP contribution in [-0.2, 0) is 0 Å². The molecule has 1 amide bonds. The lowest BCUT2D eigenvalue weighted by Gasteiger charge is -2.09.